The number of piperidine rings is 2. The maximum absolute atomic E-state index is 13.1. The molecule has 2 aliphatic heterocycles. The molecule has 1 N–H and O–H groups in total. The first-order chi connectivity index (χ1) is 13.6. The fourth-order valence-corrected chi connectivity index (χ4v) is 4.58. The highest BCUT2D eigenvalue weighted by atomic mass is 16.5. The number of ether oxygens (including phenoxy) is 1. The average molecular weight is 389 g/mol. The lowest BCUT2D eigenvalue weighted by atomic mass is 9.67. The van der Waals surface area contributed by atoms with Gasteiger partial charge in [0, 0.05) is 44.7 Å². The molecule has 0 unspecified atom stereocenters. The van der Waals surface area contributed by atoms with E-state index in [4.69, 9.17) is 4.74 Å². The Labute approximate surface area is 167 Å². The molecule has 28 heavy (non-hydrogen) atoms. The molecule has 2 amide bonds. The molecule has 0 bridgehead atoms. The van der Waals surface area contributed by atoms with E-state index in [-0.39, 0.29) is 17.9 Å². The molecule has 0 aliphatic carbocycles. The highest BCUT2D eigenvalue weighted by Crippen LogP contribution is 2.42. The molecule has 3 heterocycles. The molecular weight excluding hydrogens is 356 g/mol. The summed E-state index contributed by atoms with van der Waals surface area (Å²) in [6.45, 7) is 5.87. The quantitative estimate of drug-likeness (QED) is 0.708. The molecular formula is C21H32N4O3. The topological polar surface area (TPSA) is 74.8 Å². The van der Waals surface area contributed by atoms with Gasteiger partial charge in [-0.1, -0.05) is 6.07 Å². The van der Waals surface area contributed by atoms with Gasteiger partial charge in [0.25, 0.3) is 0 Å². The van der Waals surface area contributed by atoms with Crippen LogP contribution >= 0.6 is 0 Å². The van der Waals surface area contributed by atoms with Gasteiger partial charge in [-0.3, -0.25) is 14.6 Å². The summed E-state index contributed by atoms with van der Waals surface area (Å²) in [5, 5.41) is 3.08. The van der Waals surface area contributed by atoms with Crippen molar-refractivity contribution in [1.82, 2.24) is 20.1 Å². The first-order valence-corrected chi connectivity index (χ1v) is 10.3. The van der Waals surface area contributed by atoms with Crippen LogP contribution < -0.4 is 5.32 Å². The summed E-state index contributed by atoms with van der Waals surface area (Å²) in [6, 6.07) is 3.84. The largest absolute Gasteiger partial charge is 0.380 e. The Morgan fingerprint density at radius 3 is 2.96 bits per heavy atom. The van der Waals surface area contributed by atoms with Crippen LogP contribution in [0.1, 0.15) is 31.7 Å². The number of carbonyl (C=O) groups is 2. The number of nitrogens with zero attached hydrogens (tertiary/aromatic N) is 3. The molecule has 2 aliphatic rings. The van der Waals surface area contributed by atoms with E-state index in [1.807, 2.05) is 24.0 Å². The van der Waals surface area contributed by atoms with Crippen LogP contribution in [0.4, 0.5) is 0 Å². The number of amides is 2. The van der Waals surface area contributed by atoms with Gasteiger partial charge in [0.15, 0.2) is 0 Å². The van der Waals surface area contributed by atoms with Gasteiger partial charge in [-0.25, -0.2) is 0 Å². The van der Waals surface area contributed by atoms with Gasteiger partial charge >= 0.3 is 0 Å². The first-order valence-electron chi connectivity index (χ1n) is 10.3. The van der Waals surface area contributed by atoms with Crippen molar-refractivity contribution in [3.8, 4) is 0 Å². The lowest BCUT2D eigenvalue weighted by molar-refractivity contribution is -0.150. The Morgan fingerprint density at radius 2 is 2.21 bits per heavy atom. The van der Waals surface area contributed by atoms with E-state index in [1.165, 1.54) is 0 Å². The third-order valence-corrected chi connectivity index (χ3v) is 6.14. The van der Waals surface area contributed by atoms with Crippen LogP contribution in [0.5, 0.6) is 0 Å². The SMILES string of the molecule is CCOCCNC(=O)[C@@]12CCCN(C)[C@H]1CN(C(=O)Cc1cccnc1)CC2. The number of hydrogen-bond donors (Lipinski definition) is 1. The van der Waals surface area contributed by atoms with Crippen LogP contribution in [0.2, 0.25) is 0 Å². The summed E-state index contributed by atoms with van der Waals surface area (Å²) in [5.41, 5.74) is 0.514. The number of likely N-dealkylation sites (N-methyl/N-ethyl adjacent to an activating group) is 1. The van der Waals surface area contributed by atoms with Crippen LogP contribution in [0.15, 0.2) is 24.5 Å². The predicted octanol–water partition coefficient (Wildman–Crippen LogP) is 1.09. The third-order valence-electron chi connectivity index (χ3n) is 6.14. The molecule has 0 saturated carbocycles. The van der Waals surface area contributed by atoms with Crippen molar-refractivity contribution >= 4 is 11.8 Å². The van der Waals surface area contributed by atoms with E-state index in [1.54, 1.807) is 12.4 Å². The maximum Gasteiger partial charge on any atom is 0.228 e. The van der Waals surface area contributed by atoms with Gasteiger partial charge < -0.3 is 19.9 Å². The molecule has 7 nitrogen and oxygen atoms in total. The predicted molar refractivity (Wildman–Crippen MR) is 107 cm³/mol. The van der Waals surface area contributed by atoms with Gasteiger partial charge in [0.05, 0.1) is 18.4 Å². The second-order valence-corrected chi connectivity index (χ2v) is 7.84. The van der Waals surface area contributed by atoms with E-state index in [9.17, 15) is 9.59 Å². The summed E-state index contributed by atoms with van der Waals surface area (Å²) in [7, 11) is 2.07. The summed E-state index contributed by atoms with van der Waals surface area (Å²) in [5.74, 6) is 0.223. The molecule has 1 aromatic heterocycles. The molecule has 0 aromatic carbocycles. The van der Waals surface area contributed by atoms with Gasteiger partial charge in [0.1, 0.15) is 0 Å². The van der Waals surface area contributed by atoms with Crippen molar-refractivity contribution in [2.75, 3.05) is 46.4 Å². The number of aromatic nitrogens is 1. The Hall–Kier alpha value is -1.99. The van der Waals surface area contributed by atoms with Crippen molar-refractivity contribution in [2.24, 2.45) is 5.41 Å². The van der Waals surface area contributed by atoms with Crippen LogP contribution in [-0.2, 0) is 20.7 Å². The fourth-order valence-electron chi connectivity index (χ4n) is 4.58. The monoisotopic (exact) mass is 388 g/mol. The fraction of sp³-hybridized carbons (Fsp3) is 0.667. The highest BCUT2D eigenvalue weighted by molar-refractivity contribution is 5.85. The second kappa shape index (κ2) is 9.47. The minimum Gasteiger partial charge on any atom is -0.380 e. The number of carbonyl (C=O) groups excluding carboxylic acids is 2. The third kappa shape index (κ3) is 4.52. The molecule has 1 aromatic rings. The lowest BCUT2D eigenvalue weighted by Crippen LogP contribution is -2.65. The highest BCUT2D eigenvalue weighted by Gasteiger charge is 2.52. The lowest BCUT2D eigenvalue weighted by Gasteiger charge is -2.53. The maximum atomic E-state index is 13.1. The summed E-state index contributed by atoms with van der Waals surface area (Å²) in [4.78, 5) is 34.2. The zero-order valence-corrected chi connectivity index (χ0v) is 17.0. The Kier molecular flexibility index (Phi) is 7.02. The van der Waals surface area contributed by atoms with Gasteiger partial charge in [-0.15, -0.1) is 0 Å². The molecule has 3 rings (SSSR count). The number of nitrogens with one attached hydrogen (secondary N) is 1. The van der Waals surface area contributed by atoms with Crippen LogP contribution in [-0.4, -0.2) is 79.1 Å². The smallest absolute Gasteiger partial charge is 0.228 e. The summed E-state index contributed by atoms with van der Waals surface area (Å²) >= 11 is 0. The van der Waals surface area contributed by atoms with E-state index >= 15 is 0 Å². The van der Waals surface area contributed by atoms with E-state index in [2.05, 4.69) is 22.2 Å². The van der Waals surface area contributed by atoms with Gasteiger partial charge in [-0.05, 0) is 51.4 Å². The molecule has 0 radical (unpaired) electrons. The summed E-state index contributed by atoms with van der Waals surface area (Å²) < 4.78 is 5.35. The molecule has 7 heteroatoms. The molecule has 2 atom stereocenters. The van der Waals surface area contributed by atoms with Crippen molar-refractivity contribution in [3.05, 3.63) is 30.1 Å². The normalized spacial score (nSPS) is 25.2. The Morgan fingerprint density at radius 1 is 1.36 bits per heavy atom. The molecule has 154 valence electrons. The number of hydrogen-bond acceptors (Lipinski definition) is 5. The average Bonchev–Trinajstić information content (AvgIpc) is 2.71. The molecule has 2 saturated heterocycles. The van der Waals surface area contributed by atoms with Crippen molar-refractivity contribution in [2.45, 2.75) is 38.6 Å². The van der Waals surface area contributed by atoms with E-state index < -0.39 is 5.41 Å². The summed E-state index contributed by atoms with van der Waals surface area (Å²) in [6.07, 6.45) is 6.41. The van der Waals surface area contributed by atoms with E-state index in [0.29, 0.717) is 45.7 Å². The minimum absolute atomic E-state index is 0.0555. The van der Waals surface area contributed by atoms with E-state index in [0.717, 1.165) is 24.9 Å². The molecule has 0 spiro atoms. The van der Waals surface area contributed by atoms with Crippen molar-refractivity contribution in [3.63, 3.8) is 0 Å². The van der Waals surface area contributed by atoms with Crippen molar-refractivity contribution in [1.29, 1.82) is 0 Å². The van der Waals surface area contributed by atoms with Crippen LogP contribution in [0, 0.1) is 5.41 Å². The standard InChI is InChI=1S/C21H32N4O3/c1-3-28-13-10-23-20(27)21-7-5-11-24(2)18(21)16-25(12-8-21)19(26)14-17-6-4-9-22-15-17/h4,6,9,15,18H,3,5,7-8,10-14,16H2,1-2H3,(H,23,27)/t18-,21+/m0/s1. The minimum atomic E-state index is -0.412. The molecule has 2 fully saturated rings. The van der Waals surface area contributed by atoms with Gasteiger partial charge in [-0.2, -0.15) is 0 Å². The Bertz CT molecular complexity index is 669. The van der Waals surface area contributed by atoms with Gasteiger partial charge in [0.2, 0.25) is 11.8 Å². The number of pyridine rings is 1. The van der Waals surface area contributed by atoms with Crippen molar-refractivity contribution < 1.29 is 14.3 Å². The van der Waals surface area contributed by atoms with Crippen LogP contribution in [0.3, 0.4) is 0 Å². The zero-order valence-electron chi connectivity index (χ0n) is 17.0. The second-order valence-electron chi connectivity index (χ2n) is 7.84. The Balaban J connectivity index is 1.66. The number of fused-ring (bicyclic) bond motifs is 1. The first kappa shape index (κ1) is 20.7. The number of rotatable bonds is 7. The number of likely N-dealkylation sites (tertiary alicyclic amines) is 2. The zero-order chi connectivity index (χ0) is 20.0. The van der Waals surface area contributed by atoms with Crippen LogP contribution in [0.25, 0.3) is 0 Å².